The van der Waals surface area contributed by atoms with E-state index in [0.29, 0.717) is 29.2 Å². The summed E-state index contributed by atoms with van der Waals surface area (Å²) in [6, 6.07) is 5.00. The molecule has 0 saturated carbocycles. The zero-order chi connectivity index (χ0) is 15.7. The van der Waals surface area contributed by atoms with Crippen molar-refractivity contribution < 1.29 is 14.3 Å². The van der Waals surface area contributed by atoms with Gasteiger partial charge in [-0.15, -0.1) is 0 Å². The fourth-order valence-corrected chi connectivity index (χ4v) is 3.07. The summed E-state index contributed by atoms with van der Waals surface area (Å²) in [5, 5.41) is 9.29. The Morgan fingerprint density at radius 1 is 1.32 bits per heavy atom. The van der Waals surface area contributed by atoms with Crippen molar-refractivity contribution in [3.63, 3.8) is 0 Å². The molecule has 116 valence electrons. The first-order valence-corrected chi connectivity index (χ1v) is 7.44. The molecule has 1 N–H and O–H groups in total. The summed E-state index contributed by atoms with van der Waals surface area (Å²) in [6.07, 6.45) is 2.70. The standard InChI is InChI=1S/C16H19N3O3/c1-10-6-11(2)9-19(8-10)14-7-12(16(20)21)17-15(18-14)13-4-3-5-22-13/h3-5,7,10-11H,6,8-9H2,1-2H3,(H,20,21). The molecule has 0 spiro atoms. The first-order chi connectivity index (χ1) is 10.5. The fourth-order valence-electron chi connectivity index (χ4n) is 3.07. The van der Waals surface area contributed by atoms with Crippen LogP contribution in [0.25, 0.3) is 11.6 Å². The number of carbonyl (C=O) groups is 1. The fraction of sp³-hybridized carbons (Fsp3) is 0.438. The normalized spacial score (nSPS) is 21.8. The van der Waals surface area contributed by atoms with Crippen molar-refractivity contribution in [2.75, 3.05) is 18.0 Å². The van der Waals surface area contributed by atoms with E-state index in [0.717, 1.165) is 13.1 Å². The van der Waals surface area contributed by atoms with Gasteiger partial charge in [-0.05, 0) is 30.4 Å². The van der Waals surface area contributed by atoms with Crippen LogP contribution in [0.5, 0.6) is 0 Å². The van der Waals surface area contributed by atoms with Crippen molar-refractivity contribution in [3.05, 3.63) is 30.2 Å². The molecule has 2 unspecified atom stereocenters. The zero-order valence-corrected chi connectivity index (χ0v) is 12.7. The molecule has 0 radical (unpaired) electrons. The maximum absolute atomic E-state index is 11.3. The number of carboxylic acid groups (broad SMARTS) is 1. The molecule has 0 amide bonds. The summed E-state index contributed by atoms with van der Waals surface area (Å²) in [7, 11) is 0. The van der Waals surface area contributed by atoms with Gasteiger partial charge in [0.1, 0.15) is 5.82 Å². The number of anilines is 1. The summed E-state index contributed by atoms with van der Waals surface area (Å²) in [5.74, 6) is 1.48. The van der Waals surface area contributed by atoms with Crippen molar-refractivity contribution in [2.24, 2.45) is 11.8 Å². The maximum atomic E-state index is 11.3. The number of furan rings is 1. The Balaban J connectivity index is 2.01. The van der Waals surface area contributed by atoms with Crippen molar-refractivity contribution in [3.8, 4) is 11.6 Å². The molecule has 2 atom stereocenters. The Labute approximate surface area is 128 Å². The molecule has 1 aliphatic rings. The van der Waals surface area contributed by atoms with Gasteiger partial charge in [0.05, 0.1) is 6.26 Å². The SMILES string of the molecule is CC1CC(C)CN(c2cc(C(=O)O)nc(-c3ccco3)n2)C1. The first-order valence-electron chi connectivity index (χ1n) is 7.44. The van der Waals surface area contributed by atoms with Crippen LogP contribution < -0.4 is 4.90 Å². The van der Waals surface area contributed by atoms with Gasteiger partial charge in [0.15, 0.2) is 17.3 Å². The smallest absolute Gasteiger partial charge is 0.354 e. The van der Waals surface area contributed by atoms with Gasteiger partial charge in [0, 0.05) is 19.2 Å². The minimum absolute atomic E-state index is 0.0118. The lowest BCUT2D eigenvalue weighted by atomic mass is 9.92. The van der Waals surface area contributed by atoms with Crippen LogP contribution in [0.4, 0.5) is 5.82 Å². The Kier molecular flexibility index (Phi) is 3.83. The number of piperidine rings is 1. The molecular formula is C16H19N3O3. The molecule has 0 bridgehead atoms. The van der Waals surface area contributed by atoms with Gasteiger partial charge in [-0.2, -0.15) is 0 Å². The molecule has 3 rings (SSSR count). The highest BCUT2D eigenvalue weighted by Crippen LogP contribution is 2.27. The molecule has 3 heterocycles. The second kappa shape index (κ2) is 5.79. The largest absolute Gasteiger partial charge is 0.477 e. The van der Waals surface area contributed by atoms with E-state index in [4.69, 9.17) is 4.42 Å². The quantitative estimate of drug-likeness (QED) is 0.939. The molecule has 1 saturated heterocycles. The third-order valence-corrected chi connectivity index (χ3v) is 3.87. The molecule has 2 aromatic heterocycles. The summed E-state index contributed by atoms with van der Waals surface area (Å²) in [4.78, 5) is 22.1. The van der Waals surface area contributed by atoms with Crippen LogP contribution in [-0.2, 0) is 0 Å². The van der Waals surface area contributed by atoms with Gasteiger partial charge in [-0.1, -0.05) is 13.8 Å². The highest BCUT2D eigenvalue weighted by molar-refractivity contribution is 5.86. The maximum Gasteiger partial charge on any atom is 0.354 e. The molecule has 1 fully saturated rings. The molecule has 1 aliphatic heterocycles. The summed E-state index contributed by atoms with van der Waals surface area (Å²) < 4.78 is 5.30. The van der Waals surface area contributed by atoms with Crippen molar-refractivity contribution >= 4 is 11.8 Å². The molecule has 6 heteroatoms. The molecule has 6 nitrogen and oxygen atoms in total. The van der Waals surface area contributed by atoms with E-state index in [-0.39, 0.29) is 5.69 Å². The van der Waals surface area contributed by atoms with E-state index < -0.39 is 5.97 Å². The number of carboxylic acids is 1. The second-order valence-electron chi connectivity index (χ2n) is 6.07. The van der Waals surface area contributed by atoms with E-state index in [1.807, 2.05) is 0 Å². The van der Waals surface area contributed by atoms with Crippen LogP contribution in [0, 0.1) is 11.8 Å². The lowest BCUT2D eigenvalue weighted by molar-refractivity contribution is 0.0690. The average Bonchev–Trinajstić information content (AvgIpc) is 3.00. The predicted molar refractivity (Wildman–Crippen MR) is 81.9 cm³/mol. The van der Waals surface area contributed by atoms with Crippen molar-refractivity contribution in [2.45, 2.75) is 20.3 Å². The Morgan fingerprint density at radius 3 is 2.64 bits per heavy atom. The monoisotopic (exact) mass is 301 g/mol. The van der Waals surface area contributed by atoms with Gasteiger partial charge < -0.3 is 14.4 Å². The Hall–Kier alpha value is -2.37. The van der Waals surface area contributed by atoms with E-state index >= 15 is 0 Å². The predicted octanol–water partition coefficient (Wildman–Crippen LogP) is 2.92. The third kappa shape index (κ3) is 2.95. The third-order valence-electron chi connectivity index (χ3n) is 3.87. The van der Waals surface area contributed by atoms with Crippen molar-refractivity contribution in [1.82, 2.24) is 9.97 Å². The van der Waals surface area contributed by atoms with Gasteiger partial charge in [-0.25, -0.2) is 14.8 Å². The summed E-state index contributed by atoms with van der Waals surface area (Å²) in [5.41, 5.74) is -0.0118. The average molecular weight is 301 g/mol. The van der Waals surface area contributed by atoms with Gasteiger partial charge in [-0.3, -0.25) is 0 Å². The topological polar surface area (TPSA) is 79.5 Å². The Morgan fingerprint density at radius 2 is 2.05 bits per heavy atom. The van der Waals surface area contributed by atoms with Crippen LogP contribution in [-0.4, -0.2) is 34.1 Å². The number of aromatic nitrogens is 2. The lowest BCUT2D eigenvalue weighted by Gasteiger charge is -2.35. The number of hydrogen-bond acceptors (Lipinski definition) is 5. The van der Waals surface area contributed by atoms with E-state index in [1.165, 1.54) is 12.7 Å². The molecule has 0 aromatic carbocycles. The lowest BCUT2D eigenvalue weighted by Crippen LogP contribution is -2.39. The van der Waals surface area contributed by atoms with Crippen LogP contribution in [0.3, 0.4) is 0 Å². The first kappa shape index (κ1) is 14.6. The number of aromatic carboxylic acids is 1. The van der Waals surface area contributed by atoms with Gasteiger partial charge in [0.25, 0.3) is 0 Å². The zero-order valence-electron chi connectivity index (χ0n) is 12.7. The highest BCUT2D eigenvalue weighted by Gasteiger charge is 2.24. The van der Waals surface area contributed by atoms with Crippen LogP contribution in [0.1, 0.15) is 30.8 Å². The summed E-state index contributed by atoms with van der Waals surface area (Å²) in [6.45, 7) is 6.15. The minimum Gasteiger partial charge on any atom is -0.477 e. The number of hydrogen-bond donors (Lipinski definition) is 1. The van der Waals surface area contributed by atoms with Crippen LogP contribution in [0.2, 0.25) is 0 Å². The number of nitrogens with zero attached hydrogens (tertiary/aromatic N) is 3. The van der Waals surface area contributed by atoms with E-state index in [1.54, 1.807) is 18.2 Å². The van der Waals surface area contributed by atoms with Gasteiger partial charge in [0.2, 0.25) is 0 Å². The molecule has 2 aromatic rings. The molecule has 0 aliphatic carbocycles. The Bertz CT molecular complexity index is 659. The number of rotatable bonds is 3. The highest BCUT2D eigenvalue weighted by atomic mass is 16.4. The summed E-state index contributed by atoms with van der Waals surface area (Å²) >= 11 is 0. The molecular weight excluding hydrogens is 282 g/mol. The van der Waals surface area contributed by atoms with Gasteiger partial charge >= 0.3 is 5.97 Å². The van der Waals surface area contributed by atoms with E-state index in [9.17, 15) is 9.90 Å². The molecule has 22 heavy (non-hydrogen) atoms. The van der Waals surface area contributed by atoms with E-state index in [2.05, 4.69) is 28.7 Å². The minimum atomic E-state index is -1.06. The van der Waals surface area contributed by atoms with Crippen LogP contribution in [0.15, 0.2) is 28.9 Å². The second-order valence-corrected chi connectivity index (χ2v) is 6.07. The van der Waals surface area contributed by atoms with Crippen LogP contribution >= 0.6 is 0 Å². The van der Waals surface area contributed by atoms with Crippen molar-refractivity contribution in [1.29, 1.82) is 0 Å².